The van der Waals surface area contributed by atoms with E-state index in [-0.39, 0.29) is 12.1 Å². The zero-order chi connectivity index (χ0) is 14.4. The lowest BCUT2D eigenvalue weighted by atomic mass is 10.1. The fourth-order valence-corrected chi connectivity index (χ4v) is 1.62. The average molecular weight is 264 g/mol. The summed E-state index contributed by atoms with van der Waals surface area (Å²) in [4.78, 5) is 23.3. The average Bonchev–Trinajstić information content (AvgIpc) is 2.37. The first-order valence-electron chi connectivity index (χ1n) is 5.67. The van der Waals surface area contributed by atoms with Crippen LogP contribution in [0.3, 0.4) is 0 Å². The Morgan fingerprint density at radius 1 is 1.53 bits per heavy atom. The molecule has 1 rings (SSSR count). The highest BCUT2D eigenvalue weighted by Gasteiger charge is 2.18. The zero-order valence-corrected chi connectivity index (χ0v) is 10.4. The topological polar surface area (TPSA) is 63.5 Å². The van der Waals surface area contributed by atoms with E-state index in [0.29, 0.717) is 13.0 Å². The van der Waals surface area contributed by atoms with Gasteiger partial charge in [0.2, 0.25) is 0 Å². The summed E-state index contributed by atoms with van der Waals surface area (Å²) in [5, 5.41) is 10.6. The Kier molecular flexibility index (Phi) is 5.01. The number of benzene rings is 1. The summed E-state index contributed by atoms with van der Waals surface area (Å²) in [5.41, 5.74) is -0.532. The molecule has 0 radical (unpaired) electrons. The smallest absolute Gasteiger partial charge is 0.273 e. The normalized spacial score (nSPS) is 9.74. The summed E-state index contributed by atoms with van der Waals surface area (Å²) in [5.74, 6) is 0.997. The first-order valence-corrected chi connectivity index (χ1v) is 5.67. The number of nitrogens with zero attached hydrogens (tertiary/aromatic N) is 2. The van der Waals surface area contributed by atoms with E-state index in [9.17, 15) is 19.3 Å². The van der Waals surface area contributed by atoms with Gasteiger partial charge >= 0.3 is 0 Å². The van der Waals surface area contributed by atoms with Gasteiger partial charge in [-0.3, -0.25) is 14.9 Å². The van der Waals surface area contributed by atoms with Crippen molar-refractivity contribution in [1.29, 1.82) is 0 Å². The molecule has 1 aromatic rings. The van der Waals surface area contributed by atoms with E-state index in [1.165, 1.54) is 4.90 Å². The maximum absolute atomic E-state index is 13.3. The molecule has 0 atom stereocenters. The number of amides is 1. The molecule has 100 valence electrons. The van der Waals surface area contributed by atoms with Crippen LogP contribution in [0.25, 0.3) is 0 Å². The van der Waals surface area contributed by atoms with Crippen molar-refractivity contribution in [3.8, 4) is 12.3 Å². The molecule has 0 heterocycles. The molecule has 0 unspecified atom stereocenters. The molecule has 0 saturated carbocycles. The summed E-state index contributed by atoms with van der Waals surface area (Å²) in [7, 11) is 0. The first-order chi connectivity index (χ1) is 8.99. The van der Waals surface area contributed by atoms with Crippen molar-refractivity contribution in [2.45, 2.75) is 13.3 Å². The molecule has 6 heteroatoms. The van der Waals surface area contributed by atoms with Crippen LogP contribution in [0.4, 0.5) is 10.1 Å². The third-order valence-electron chi connectivity index (χ3n) is 2.40. The van der Waals surface area contributed by atoms with Crippen LogP contribution in [-0.4, -0.2) is 28.8 Å². The van der Waals surface area contributed by atoms with Gasteiger partial charge in [0.1, 0.15) is 5.82 Å². The minimum Gasteiger partial charge on any atom is -0.328 e. The zero-order valence-electron chi connectivity index (χ0n) is 10.4. The highest BCUT2D eigenvalue weighted by molar-refractivity contribution is 5.95. The van der Waals surface area contributed by atoms with Crippen molar-refractivity contribution in [3.63, 3.8) is 0 Å². The Morgan fingerprint density at radius 2 is 2.21 bits per heavy atom. The lowest BCUT2D eigenvalue weighted by Crippen LogP contribution is -2.32. The van der Waals surface area contributed by atoms with Crippen LogP contribution in [0, 0.1) is 28.3 Å². The number of non-ortho nitro benzene ring substituents is 1. The van der Waals surface area contributed by atoms with E-state index in [1.807, 2.05) is 6.92 Å². The van der Waals surface area contributed by atoms with Gasteiger partial charge < -0.3 is 4.90 Å². The molecule has 5 nitrogen and oxygen atoms in total. The highest BCUT2D eigenvalue weighted by Crippen LogP contribution is 2.17. The largest absolute Gasteiger partial charge is 0.328 e. The molecule has 0 aromatic heterocycles. The van der Waals surface area contributed by atoms with Gasteiger partial charge in [-0.15, -0.1) is 6.42 Å². The Balaban J connectivity index is 3.10. The third kappa shape index (κ3) is 3.78. The van der Waals surface area contributed by atoms with Crippen molar-refractivity contribution in [2.24, 2.45) is 0 Å². The number of hydrogen-bond donors (Lipinski definition) is 0. The summed E-state index contributed by atoms with van der Waals surface area (Å²) < 4.78 is 13.3. The maximum Gasteiger partial charge on any atom is 0.273 e. The molecule has 0 aliphatic heterocycles. The van der Waals surface area contributed by atoms with Gasteiger partial charge in [-0.2, -0.15) is 0 Å². The number of nitro groups is 1. The summed E-state index contributed by atoms with van der Waals surface area (Å²) in [6.45, 7) is 2.36. The van der Waals surface area contributed by atoms with Crippen molar-refractivity contribution in [3.05, 3.63) is 39.7 Å². The molecular formula is C13H13FN2O3. The Morgan fingerprint density at radius 3 is 2.74 bits per heavy atom. The standard InChI is InChI=1S/C13H13FN2O3/c1-3-5-15(6-4-2)13(17)10-7-11(14)9-12(8-10)16(18)19/h1,7-9H,4-6H2,2H3. The Bertz CT molecular complexity index is 537. The van der Waals surface area contributed by atoms with Crippen LogP contribution in [0.15, 0.2) is 18.2 Å². The number of halogens is 1. The molecule has 0 aliphatic rings. The lowest BCUT2D eigenvalue weighted by Gasteiger charge is -2.19. The first kappa shape index (κ1) is 14.6. The number of carbonyl (C=O) groups is 1. The SMILES string of the molecule is C#CCN(CCC)C(=O)c1cc(F)cc([N+](=O)[O-])c1. The van der Waals surface area contributed by atoms with Crippen molar-refractivity contribution >= 4 is 11.6 Å². The second-order valence-corrected chi connectivity index (χ2v) is 3.89. The van der Waals surface area contributed by atoms with Gasteiger partial charge in [0, 0.05) is 18.2 Å². The van der Waals surface area contributed by atoms with Gasteiger partial charge in [-0.05, 0) is 12.5 Å². The quantitative estimate of drug-likeness (QED) is 0.465. The number of rotatable bonds is 5. The molecule has 1 amide bonds. The minimum atomic E-state index is -0.824. The second kappa shape index (κ2) is 6.50. The maximum atomic E-state index is 13.3. The van der Waals surface area contributed by atoms with E-state index in [0.717, 1.165) is 18.2 Å². The van der Waals surface area contributed by atoms with Crippen LogP contribution in [-0.2, 0) is 0 Å². The van der Waals surface area contributed by atoms with Crippen LogP contribution < -0.4 is 0 Å². The molecule has 0 aliphatic carbocycles. The predicted octanol–water partition coefficient (Wildman–Crippen LogP) is 2.22. The van der Waals surface area contributed by atoms with Gasteiger partial charge in [-0.25, -0.2) is 4.39 Å². The molecule has 0 N–H and O–H groups in total. The summed E-state index contributed by atoms with van der Waals surface area (Å²) in [6, 6.07) is 2.78. The van der Waals surface area contributed by atoms with Gasteiger partial charge in [0.25, 0.3) is 11.6 Å². The second-order valence-electron chi connectivity index (χ2n) is 3.89. The third-order valence-corrected chi connectivity index (χ3v) is 2.40. The molecule has 0 bridgehead atoms. The van der Waals surface area contributed by atoms with Crippen LogP contribution in [0.1, 0.15) is 23.7 Å². The van der Waals surface area contributed by atoms with Crippen LogP contribution >= 0.6 is 0 Å². The number of nitro benzene ring substituents is 1. The highest BCUT2D eigenvalue weighted by atomic mass is 19.1. The van der Waals surface area contributed by atoms with E-state index in [1.54, 1.807) is 0 Å². The van der Waals surface area contributed by atoms with E-state index < -0.39 is 22.3 Å². The Hall–Kier alpha value is -2.42. The summed E-state index contributed by atoms with van der Waals surface area (Å²) in [6.07, 6.45) is 5.84. The lowest BCUT2D eigenvalue weighted by molar-refractivity contribution is -0.385. The molecule has 19 heavy (non-hydrogen) atoms. The van der Waals surface area contributed by atoms with Gasteiger partial charge in [0.05, 0.1) is 17.5 Å². The van der Waals surface area contributed by atoms with Crippen LogP contribution in [0.5, 0.6) is 0 Å². The Labute approximate surface area is 110 Å². The van der Waals surface area contributed by atoms with Gasteiger partial charge in [-0.1, -0.05) is 12.8 Å². The van der Waals surface area contributed by atoms with E-state index >= 15 is 0 Å². The number of terminal acetylenes is 1. The van der Waals surface area contributed by atoms with E-state index in [2.05, 4.69) is 5.92 Å². The molecular weight excluding hydrogens is 251 g/mol. The molecule has 0 saturated heterocycles. The van der Waals surface area contributed by atoms with Crippen LogP contribution in [0.2, 0.25) is 0 Å². The molecule has 0 fully saturated rings. The fraction of sp³-hybridized carbons (Fsp3) is 0.308. The number of carbonyl (C=O) groups excluding carboxylic acids is 1. The monoisotopic (exact) mass is 264 g/mol. The van der Waals surface area contributed by atoms with Crippen molar-refractivity contribution < 1.29 is 14.1 Å². The minimum absolute atomic E-state index is 0.0737. The fourth-order valence-electron chi connectivity index (χ4n) is 1.62. The van der Waals surface area contributed by atoms with Crippen molar-refractivity contribution in [1.82, 2.24) is 4.90 Å². The van der Waals surface area contributed by atoms with Gasteiger partial charge in [0.15, 0.2) is 0 Å². The number of hydrogen-bond acceptors (Lipinski definition) is 3. The summed E-state index contributed by atoms with van der Waals surface area (Å²) >= 11 is 0. The van der Waals surface area contributed by atoms with Crippen molar-refractivity contribution in [2.75, 3.05) is 13.1 Å². The molecule has 1 aromatic carbocycles. The van der Waals surface area contributed by atoms with E-state index in [4.69, 9.17) is 6.42 Å². The molecule has 0 spiro atoms. The predicted molar refractivity (Wildman–Crippen MR) is 68.1 cm³/mol.